The van der Waals surface area contributed by atoms with Gasteiger partial charge in [0.2, 0.25) is 5.91 Å². The summed E-state index contributed by atoms with van der Waals surface area (Å²) in [6.45, 7) is 2.07. The summed E-state index contributed by atoms with van der Waals surface area (Å²) in [5.74, 6) is -1.03. The van der Waals surface area contributed by atoms with Crippen LogP contribution >= 0.6 is 23.2 Å². The quantitative estimate of drug-likeness (QED) is 0.753. The van der Waals surface area contributed by atoms with Gasteiger partial charge in [-0.05, 0) is 49.7 Å². The predicted octanol–water partition coefficient (Wildman–Crippen LogP) is 3.20. The lowest BCUT2D eigenvalue weighted by Gasteiger charge is -2.38. The molecule has 1 fully saturated rings. The van der Waals surface area contributed by atoms with Gasteiger partial charge in [0, 0.05) is 29.9 Å². The third-order valence-electron chi connectivity index (χ3n) is 5.67. The Bertz CT molecular complexity index is 873. The summed E-state index contributed by atoms with van der Waals surface area (Å²) < 4.78 is 0. The maximum absolute atomic E-state index is 12.7. The van der Waals surface area contributed by atoms with Crippen molar-refractivity contribution in [1.82, 2.24) is 4.90 Å². The van der Waals surface area contributed by atoms with Crippen molar-refractivity contribution in [3.8, 4) is 0 Å². The van der Waals surface area contributed by atoms with E-state index in [2.05, 4.69) is 15.2 Å². The van der Waals surface area contributed by atoms with Crippen LogP contribution in [0.4, 0.5) is 5.69 Å². The number of amides is 1. The van der Waals surface area contributed by atoms with Crippen molar-refractivity contribution in [3.05, 3.63) is 40.6 Å². The number of carboxylic acid groups (broad SMARTS) is 1. The van der Waals surface area contributed by atoms with E-state index in [4.69, 9.17) is 23.2 Å². The summed E-state index contributed by atoms with van der Waals surface area (Å²) in [7, 11) is 0. The molecule has 8 heteroatoms. The number of hydrogen-bond acceptors (Lipinski definition) is 4. The topological polar surface area (TPSA) is 82.0 Å². The number of hydrogen-bond donors (Lipinski definition) is 2. The van der Waals surface area contributed by atoms with Crippen LogP contribution in [0.25, 0.3) is 0 Å². The van der Waals surface area contributed by atoms with Gasteiger partial charge in [0.1, 0.15) is 0 Å². The van der Waals surface area contributed by atoms with E-state index < -0.39 is 11.4 Å². The number of halogens is 2. The first-order valence-electron chi connectivity index (χ1n) is 8.86. The van der Waals surface area contributed by atoms with Crippen molar-refractivity contribution >= 4 is 46.5 Å². The van der Waals surface area contributed by atoms with E-state index in [0.29, 0.717) is 43.9 Å². The molecule has 1 atom stereocenters. The molecule has 0 aromatic heterocycles. The van der Waals surface area contributed by atoms with Crippen LogP contribution in [-0.2, 0) is 10.2 Å². The van der Waals surface area contributed by atoms with Gasteiger partial charge >= 0.3 is 5.97 Å². The highest BCUT2D eigenvalue weighted by Gasteiger charge is 2.48. The average Bonchev–Trinajstić information content (AvgIpc) is 2.90. The molecule has 0 radical (unpaired) electrons. The molecular formula is C19H19Cl2N3O3. The van der Waals surface area contributed by atoms with Crippen molar-refractivity contribution in [3.63, 3.8) is 0 Å². The number of rotatable bonds is 3. The number of nitrogens with one attached hydrogen (secondary N) is 1. The fraction of sp³-hybridized carbons (Fsp3) is 0.421. The molecule has 4 rings (SSSR count). The number of allylic oxidation sites excluding steroid dienone is 1. The number of alkyl halides is 1. The molecule has 2 N–H and O–H groups in total. The summed E-state index contributed by atoms with van der Waals surface area (Å²) in [5, 5.41) is 12.7. The zero-order valence-corrected chi connectivity index (χ0v) is 16.1. The number of carboxylic acids is 1. The highest BCUT2D eigenvalue weighted by atomic mass is 35.5. The van der Waals surface area contributed by atoms with Crippen molar-refractivity contribution in [2.75, 3.05) is 25.0 Å². The number of anilines is 1. The van der Waals surface area contributed by atoms with Crippen LogP contribution in [0.2, 0.25) is 0 Å². The molecule has 3 aliphatic rings. The van der Waals surface area contributed by atoms with Crippen LogP contribution in [-0.4, -0.2) is 52.6 Å². The number of carbonyl (C=O) groups excluding carboxylic acids is 1. The summed E-state index contributed by atoms with van der Waals surface area (Å²) >= 11 is 12.3. The second kappa shape index (κ2) is 6.93. The van der Waals surface area contributed by atoms with Gasteiger partial charge in [-0.25, -0.2) is 4.79 Å². The second-order valence-electron chi connectivity index (χ2n) is 7.25. The fourth-order valence-electron chi connectivity index (χ4n) is 4.08. The third kappa shape index (κ3) is 3.26. The summed E-state index contributed by atoms with van der Waals surface area (Å²) in [4.78, 5) is 30.7. The molecule has 1 saturated heterocycles. The summed E-state index contributed by atoms with van der Waals surface area (Å²) in [5.41, 5.74) is 1.95. The molecule has 27 heavy (non-hydrogen) atoms. The van der Waals surface area contributed by atoms with E-state index in [-0.39, 0.29) is 16.8 Å². The average molecular weight is 408 g/mol. The molecule has 1 unspecified atom stereocenters. The van der Waals surface area contributed by atoms with Gasteiger partial charge in [0.05, 0.1) is 22.1 Å². The van der Waals surface area contributed by atoms with Crippen LogP contribution in [0.5, 0.6) is 0 Å². The largest absolute Gasteiger partial charge is 0.478 e. The number of aliphatic imine (C=N–C) groups is 1. The molecule has 1 aromatic rings. The highest BCUT2D eigenvalue weighted by Crippen LogP contribution is 2.45. The first-order valence-corrected chi connectivity index (χ1v) is 9.67. The lowest BCUT2D eigenvalue weighted by molar-refractivity contribution is -0.122. The molecule has 3 heterocycles. The van der Waals surface area contributed by atoms with Crippen molar-refractivity contribution in [2.45, 2.75) is 30.1 Å². The highest BCUT2D eigenvalue weighted by molar-refractivity contribution is 6.36. The van der Waals surface area contributed by atoms with E-state index in [9.17, 15) is 14.7 Å². The standard InChI is InChI=1S/C19H19Cl2N3O3/c20-12-8-14(21)16(22-9-12)10-24-5-3-19(4-6-24)13-7-11(17(25)26)1-2-15(13)23-18(19)27/h1-2,7,9,14H,3-6,8,10H2,(H,23,27)(H,25,26). The number of aromatic carboxylic acids is 1. The minimum Gasteiger partial charge on any atom is -0.478 e. The maximum Gasteiger partial charge on any atom is 0.335 e. The molecule has 1 amide bonds. The number of carbonyl (C=O) groups is 2. The normalized spacial score (nSPS) is 24.2. The minimum absolute atomic E-state index is 0.0420. The predicted molar refractivity (Wildman–Crippen MR) is 105 cm³/mol. The van der Waals surface area contributed by atoms with Gasteiger partial charge in [0.25, 0.3) is 0 Å². The Labute approximate surface area is 166 Å². The van der Waals surface area contributed by atoms with Gasteiger partial charge in [-0.15, -0.1) is 11.6 Å². The Morgan fingerprint density at radius 2 is 2.11 bits per heavy atom. The molecule has 6 nitrogen and oxygen atoms in total. The van der Waals surface area contributed by atoms with Gasteiger partial charge in [-0.2, -0.15) is 0 Å². The zero-order chi connectivity index (χ0) is 19.2. The Kier molecular flexibility index (Phi) is 4.74. The molecule has 142 valence electrons. The first kappa shape index (κ1) is 18.5. The molecule has 3 aliphatic heterocycles. The van der Waals surface area contributed by atoms with Crippen molar-refractivity contribution in [2.24, 2.45) is 4.99 Å². The van der Waals surface area contributed by atoms with Crippen molar-refractivity contribution in [1.29, 1.82) is 0 Å². The Hall–Kier alpha value is -1.89. The number of nitrogens with zero attached hydrogens (tertiary/aromatic N) is 2. The number of benzene rings is 1. The lowest BCUT2D eigenvalue weighted by Crippen LogP contribution is -2.48. The molecule has 1 spiro atoms. The molecule has 0 aliphatic carbocycles. The van der Waals surface area contributed by atoms with E-state index in [1.165, 1.54) is 6.07 Å². The second-order valence-corrected chi connectivity index (χ2v) is 8.26. The number of likely N-dealkylation sites (tertiary alicyclic amines) is 1. The number of fused-ring (bicyclic) bond motifs is 2. The first-order chi connectivity index (χ1) is 12.9. The van der Waals surface area contributed by atoms with Gasteiger partial charge in [-0.3, -0.25) is 14.7 Å². The van der Waals surface area contributed by atoms with Gasteiger partial charge < -0.3 is 10.4 Å². The van der Waals surface area contributed by atoms with E-state index in [1.807, 2.05) is 0 Å². The summed E-state index contributed by atoms with van der Waals surface area (Å²) in [6, 6.07) is 4.84. The SMILES string of the molecule is O=C(O)c1ccc2c(c1)C1(CCN(CC3=NC=C(Cl)CC3Cl)CC1)C(=O)N2. The monoisotopic (exact) mass is 407 g/mol. The van der Waals surface area contributed by atoms with Crippen LogP contribution in [0, 0.1) is 0 Å². The molecular weight excluding hydrogens is 389 g/mol. The van der Waals surface area contributed by atoms with Crippen LogP contribution < -0.4 is 5.32 Å². The van der Waals surface area contributed by atoms with E-state index in [0.717, 1.165) is 17.0 Å². The third-order valence-corrected chi connectivity index (χ3v) is 6.32. The zero-order valence-electron chi connectivity index (χ0n) is 14.5. The van der Waals surface area contributed by atoms with E-state index >= 15 is 0 Å². The summed E-state index contributed by atoms with van der Waals surface area (Å²) in [6.07, 6.45) is 3.50. The van der Waals surface area contributed by atoms with Crippen LogP contribution in [0.3, 0.4) is 0 Å². The molecule has 1 aromatic carbocycles. The number of piperidine rings is 1. The van der Waals surface area contributed by atoms with E-state index in [1.54, 1.807) is 18.3 Å². The van der Waals surface area contributed by atoms with Crippen molar-refractivity contribution < 1.29 is 14.7 Å². The van der Waals surface area contributed by atoms with Gasteiger partial charge in [-0.1, -0.05) is 11.6 Å². The lowest BCUT2D eigenvalue weighted by atomic mass is 9.73. The minimum atomic E-state index is -0.986. The maximum atomic E-state index is 12.7. The fourth-order valence-corrected chi connectivity index (χ4v) is 4.65. The molecule has 0 saturated carbocycles. The Morgan fingerprint density at radius 3 is 2.78 bits per heavy atom. The Morgan fingerprint density at radius 1 is 1.37 bits per heavy atom. The smallest absolute Gasteiger partial charge is 0.335 e. The Balaban J connectivity index is 1.51. The van der Waals surface area contributed by atoms with Crippen LogP contribution in [0.15, 0.2) is 34.4 Å². The molecule has 0 bridgehead atoms. The van der Waals surface area contributed by atoms with Gasteiger partial charge in [0.15, 0.2) is 0 Å². The van der Waals surface area contributed by atoms with Crippen LogP contribution in [0.1, 0.15) is 35.2 Å².